The van der Waals surface area contributed by atoms with Crippen LogP contribution in [0.25, 0.3) is 0 Å². The van der Waals surface area contributed by atoms with Gasteiger partial charge in [-0.05, 0) is 31.4 Å². The van der Waals surface area contributed by atoms with E-state index in [0.717, 1.165) is 31.5 Å². The maximum Gasteiger partial charge on any atom is 0.242 e. The lowest BCUT2D eigenvalue weighted by atomic mass is 10.1. The molecule has 1 saturated heterocycles. The van der Waals surface area contributed by atoms with E-state index in [9.17, 15) is 4.79 Å². The maximum atomic E-state index is 11.8. The Morgan fingerprint density at radius 1 is 1.44 bits per heavy atom. The van der Waals surface area contributed by atoms with E-state index in [1.165, 1.54) is 0 Å². The third-order valence-corrected chi connectivity index (χ3v) is 3.34. The smallest absolute Gasteiger partial charge is 0.242 e. The quantitative estimate of drug-likeness (QED) is 0.885. The molecule has 18 heavy (non-hydrogen) atoms. The van der Waals surface area contributed by atoms with Gasteiger partial charge in [0.15, 0.2) is 0 Å². The van der Waals surface area contributed by atoms with E-state index in [0.29, 0.717) is 10.8 Å². The molecule has 4 nitrogen and oxygen atoms in total. The molecule has 98 valence electrons. The summed E-state index contributed by atoms with van der Waals surface area (Å²) in [7, 11) is 1.57. The van der Waals surface area contributed by atoms with Gasteiger partial charge in [-0.25, -0.2) is 0 Å². The average Bonchev–Trinajstić information content (AvgIpc) is 2.57. The van der Waals surface area contributed by atoms with Gasteiger partial charge in [0, 0.05) is 18.3 Å². The van der Waals surface area contributed by atoms with Crippen molar-refractivity contribution in [3.8, 4) is 5.75 Å². The van der Waals surface area contributed by atoms with Gasteiger partial charge < -0.3 is 15.4 Å². The summed E-state index contributed by atoms with van der Waals surface area (Å²) in [6.07, 6.45) is 2.92. The van der Waals surface area contributed by atoms with Crippen molar-refractivity contribution in [3.05, 3.63) is 23.2 Å². The van der Waals surface area contributed by atoms with Crippen LogP contribution in [0.4, 0.5) is 5.69 Å². The van der Waals surface area contributed by atoms with Crippen LogP contribution in [0, 0.1) is 0 Å². The standard InChI is InChI=1S/C13H17ClN2O2/c1-18-12-8-9(5-6-10(12)14)16-11-4-2-3-7-15-13(11)17/h5-6,8,11,16H,2-4,7H2,1H3,(H,15,17). The Kier molecular flexibility index (Phi) is 4.31. The van der Waals surface area contributed by atoms with Gasteiger partial charge in [0.05, 0.1) is 12.1 Å². The number of halogens is 1. The summed E-state index contributed by atoms with van der Waals surface area (Å²) in [5.74, 6) is 0.664. The van der Waals surface area contributed by atoms with Crippen molar-refractivity contribution in [1.29, 1.82) is 0 Å². The van der Waals surface area contributed by atoms with Crippen molar-refractivity contribution in [3.63, 3.8) is 0 Å². The third kappa shape index (κ3) is 3.07. The molecule has 2 N–H and O–H groups in total. The van der Waals surface area contributed by atoms with Gasteiger partial charge in [-0.3, -0.25) is 4.79 Å². The Morgan fingerprint density at radius 3 is 3.06 bits per heavy atom. The molecule has 2 rings (SSSR count). The fraction of sp³-hybridized carbons (Fsp3) is 0.462. The number of hydrogen-bond donors (Lipinski definition) is 2. The maximum absolute atomic E-state index is 11.8. The number of anilines is 1. The number of ether oxygens (including phenoxy) is 1. The summed E-state index contributed by atoms with van der Waals surface area (Å²) in [6, 6.07) is 5.24. The normalized spacial score (nSPS) is 19.9. The van der Waals surface area contributed by atoms with Gasteiger partial charge in [-0.15, -0.1) is 0 Å². The zero-order chi connectivity index (χ0) is 13.0. The van der Waals surface area contributed by atoms with E-state index in [2.05, 4.69) is 10.6 Å². The average molecular weight is 269 g/mol. The van der Waals surface area contributed by atoms with Crippen LogP contribution in [-0.2, 0) is 4.79 Å². The number of hydrogen-bond acceptors (Lipinski definition) is 3. The van der Waals surface area contributed by atoms with E-state index in [-0.39, 0.29) is 11.9 Å². The number of benzene rings is 1. The molecule has 0 aromatic heterocycles. The zero-order valence-corrected chi connectivity index (χ0v) is 11.1. The van der Waals surface area contributed by atoms with Gasteiger partial charge in [-0.2, -0.15) is 0 Å². The summed E-state index contributed by atoms with van der Waals surface area (Å²) in [6.45, 7) is 0.765. The highest BCUT2D eigenvalue weighted by Crippen LogP contribution is 2.28. The van der Waals surface area contributed by atoms with Crippen molar-refractivity contribution in [2.75, 3.05) is 19.0 Å². The highest BCUT2D eigenvalue weighted by atomic mass is 35.5. The molecule has 0 radical (unpaired) electrons. The van der Waals surface area contributed by atoms with Crippen LogP contribution in [0.5, 0.6) is 5.75 Å². The molecule has 0 aliphatic carbocycles. The summed E-state index contributed by atoms with van der Waals surface area (Å²) in [5, 5.41) is 6.68. The summed E-state index contributed by atoms with van der Waals surface area (Å²) in [4.78, 5) is 11.8. The molecular weight excluding hydrogens is 252 g/mol. The zero-order valence-electron chi connectivity index (χ0n) is 10.3. The first-order valence-electron chi connectivity index (χ1n) is 6.08. The van der Waals surface area contributed by atoms with Gasteiger partial charge in [0.1, 0.15) is 11.8 Å². The number of methoxy groups -OCH3 is 1. The lowest BCUT2D eigenvalue weighted by Gasteiger charge is -2.17. The van der Waals surface area contributed by atoms with E-state index < -0.39 is 0 Å². The minimum atomic E-state index is -0.182. The SMILES string of the molecule is COc1cc(NC2CCCCNC2=O)ccc1Cl. The van der Waals surface area contributed by atoms with Crippen LogP contribution in [-0.4, -0.2) is 25.6 Å². The Hall–Kier alpha value is -1.42. The van der Waals surface area contributed by atoms with Crippen molar-refractivity contribution in [1.82, 2.24) is 5.32 Å². The van der Waals surface area contributed by atoms with Crippen molar-refractivity contribution in [2.24, 2.45) is 0 Å². The number of amides is 1. The first-order valence-corrected chi connectivity index (χ1v) is 6.46. The molecule has 1 unspecified atom stereocenters. The first kappa shape index (κ1) is 13.0. The number of rotatable bonds is 3. The van der Waals surface area contributed by atoms with Crippen molar-refractivity contribution < 1.29 is 9.53 Å². The highest BCUT2D eigenvalue weighted by molar-refractivity contribution is 6.32. The summed E-state index contributed by atoms with van der Waals surface area (Å²) < 4.78 is 5.15. The molecule has 0 bridgehead atoms. The molecule has 1 aromatic carbocycles. The predicted molar refractivity (Wildman–Crippen MR) is 72.3 cm³/mol. The van der Waals surface area contributed by atoms with Crippen LogP contribution in [0.3, 0.4) is 0 Å². The van der Waals surface area contributed by atoms with Crippen molar-refractivity contribution in [2.45, 2.75) is 25.3 Å². The monoisotopic (exact) mass is 268 g/mol. The van der Waals surface area contributed by atoms with Gasteiger partial charge >= 0.3 is 0 Å². The Morgan fingerprint density at radius 2 is 2.28 bits per heavy atom. The van der Waals surface area contributed by atoms with Gasteiger partial charge in [-0.1, -0.05) is 11.6 Å². The van der Waals surface area contributed by atoms with Crippen LogP contribution in [0.15, 0.2) is 18.2 Å². The second-order valence-electron chi connectivity index (χ2n) is 4.33. The van der Waals surface area contributed by atoms with Crippen LogP contribution in [0.2, 0.25) is 5.02 Å². The molecule has 1 aliphatic rings. The Labute approximate surface area is 112 Å². The van der Waals surface area contributed by atoms with Crippen LogP contribution >= 0.6 is 11.6 Å². The molecule has 1 atom stereocenters. The van der Waals surface area contributed by atoms with Gasteiger partial charge in [0.25, 0.3) is 0 Å². The second-order valence-corrected chi connectivity index (χ2v) is 4.74. The number of nitrogens with one attached hydrogen (secondary N) is 2. The minimum absolute atomic E-state index is 0.0569. The van der Waals surface area contributed by atoms with E-state index in [4.69, 9.17) is 16.3 Å². The van der Waals surface area contributed by atoms with Crippen LogP contribution in [0.1, 0.15) is 19.3 Å². The van der Waals surface area contributed by atoms with E-state index in [1.807, 2.05) is 6.07 Å². The fourth-order valence-corrected chi connectivity index (χ4v) is 2.22. The molecular formula is C13H17ClN2O2. The van der Waals surface area contributed by atoms with E-state index in [1.54, 1.807) is 19.2 Å². The van der Waals surface area contributed by atoms with E-state index >= 15 is 0 Å². The molecule has 0 saturated carbocycles. The first-order chi connectivity index (χ1) is 8.70. The summed E-state index contributed by atoms with van der Waals surface area (Å²) in [5.41, 5.74) is 0.846. The lowest BCUT2D eigenvalue weighted by Crippen LogP contribution is -2.37. The highest BCUT2D eigenvalue weighted by Gasteiger charge is 2.20. The minimum Gasteiger partial charge on any atom is -0.495 e. The molecule has 1 amide bonds. The third-order valence-electron chi connectivity index (χ3n) is 3.03. The largest absolute Gasteiger partial charge is 0.495 e. The molecule has 5 heteroatoms. The Balaban J connectivity index is 2.10. The fourth-order valence-electron chi connectivity index (χ4n) is 2.03. The van der Waals surface area contributed by atoms with Crippen LogP contribution < -0.4 is 15.4 Å². The summed E-state index contributed by atoms with van der Waals surface area (Å²) >= 11 is 5.96. The number of carbonyl (C=O) groups excluding carboxylic acids is 1. The van der Waals surface area contributed by atoms with Gasteiger partial charge in [0.2, 0.25) is 5.91 Å². The Bertz CT molecular complexity index is 437. The lowest BCUT2D eigenvalue weighted by molar-refractivity contribution is -0.121. The molecule has 0 spiro atoms. The topological polar surface area (TPSA) is 50.4 Å². The molecule has 1 heterocycles. The van der Waals surface area contributed by atoms with Crippen molar-refractivity contribution >= 4 is 23.2 Å². The second kappa shape index (κ2) is 5.96. The molecule has 1 aromatic rings. The number of carbonyl (C=O) groups is 1. The molecule has 1 fully saturated rings. The predicted octanol–water partition coefficient (Wildman–Crippen LogP) is 2.43. The molecule has 1 aliphatic heterocycles.